The number of carboxylic acids is 1. The number of nitrogens with one attached hydrogen (secondary N) is 1. The van der Waals surface area contributed by atoms with Crippen LogP contribution in [0.15, 0.2) is 30.6 Å². The van der Waals surface area contributed by atoms with E-state index in [9.17, 15) is 4.79 Å². The molecular formula is C10H9N3O2S. The van der Waals surface area contributed by atoms with Gasteiger partial charge in [-0.3, -0.25) is 4.98 Å². The van der Waals surface area contributed by atoms with Gasteiger partial charge in [-0.15, -0.1) is 0 Å². The zero-order valence-electron chi connectivity index (χ0n) is 8.25. The predicted molar refractivity (Wildman–Crippen MR) is 59.9 cm³/mol. The van der Waals surface area contributed by atoms with Gasteiger partial charge in [-0.2, -0.15) is 0 Å². The number of rotatable bonds is 3. The molecule has 0 aliphatic carbocycles. The van der Waals surface area contributed by atoms with E-state index in [1.54, 1.807) is 12.3 Å². The van der Waals surface area contributed by atoms with Crippen LogP contribution in [0.4, 0.5) is 0 Å². The quantitative estimate of drug-likeness (QED) is 0.794. The van der Waals surface area contributed by atoms with Crippen molar-refractivity contribution >= 4 is 18.2 Å². The lowest BCUT2D eigenvalue weighted by atomic mass is 10.3. The highest BCUT2D eigenvalue weighted by Gasteiger charge is 2.11. The Balaban J connectivity index is 2.38. The number of aromatic carboxylic acids is 1. The summed E-state index contributed by atoms with van der Waals surface area (Å²) in [6.07, 6.45) is 3.04. The highest BCUT2D eigenvalue weighted by atomic mass is 32.1. The van der Waals surface area contributed by atoms with Gasteiger partial charge in [0.2, 0.25) is 0 Å². The van der Waals surface area contributed by atoms with E-state index < -0.39 is 5.97 Å². The van der Waals surface area contributed by atoms with E-state index >= 15 is 0 Å². The van der Waals surface area contributed by atoms with Crippen molar-refractivity contribution in [1.29, 1.82) is 0 Å². The fourth-order valence-electron chi connectivity index (χ4n) is 1.38. The van der Waals surface area contributed by atoms with Gasteiger partial charge < -0.3 is 14.7 Å². The number of carboxylic acid groups (broad SMARTS) is 1. The Kier molecular flexibility index (Phi) is 2.82. The van der Waals surface area contributed by atoms with Crippen LogP contribution >= 0.6 is 12.2 Å². The molecule has 2 aromatic heterocycles. The lowest BCUT2D eigenvalue weighted by molar-refractivity contribution is 0.0685. The summed E-state index contributed by atoms with van der Waals surface area (Å²) in [5, 5.41) is 8.95. The molecule has 0 bridgehead atoms. The Morgan fingerprint density at radius 3 is 3.00 bits per heavy atom. The minimum atomic E-state index is -1.01. The second kappa shape index (κ2) is 4.28. The number of hydrogen-bond donors (Lipinski definition) is 2. The van der Waals surface area contributed by atoms with E-state index in [4.69, 9.17) is 17.3 Å². The number of carbonyl (C=O) groups is 1. The summed E-state index contributed by atoms with van der Waals surface area (Å²) in [4.78, 5) is 17.7. The summed E-state index contributed by atoms with van der Waals surface area (Å²) in [5.41, 5.74) is 0.899. The number of nitrogens with zero attached hydrogens (tertiary/aromatic N) is 2. The van der Waals surface area contributed by atoms with Crippen molar-refractivity contribution in [1.82, 2.24) is 14.5 Å². The molecule has 16 heavy (non-hydrogen) atoms. The largest absolute Gasteiger partial charge is 0.477 e. The Morgan fingerprint density at radius 2 is 2.38 bits per heavy atom. The first kappa shape index (κ1) is 10.6. The number of pyridine rings is 1. The third kappa shape index (κ3) is 2.01. The first-order valence-electron chi connectivity index (χ1n) is 4.60. The number of hydrogen-bond acceptors (Lipinski definition) is 3. The molecule has 0 saturated heterocycles. The molecule has 2 heterocycles. The van der Waals surface area contributed by atoms with Crippen LogP contribution in [0.25, 0.3) is 0 Å². The topological polar surface area (TPSA) is 70.9 Å². The van der Waals surface area contributed by atoms with Crippen LogP contribution < -0.4 is 0 Å². The van der Waals surface area contributed by atoms with Crippen LogP contribution in [0.5, 0.6) is 0 Å². The molecule has 2 rings (SSSR count). The van der Waals surface area contributed by atoms with Gasteiger partial charge in [0.05, 0.1) is 12.2 Å². The number of imidazole rings is 1. The Hall–Kier alpha value is -1.95. The minimum Gasteiger partial charge on any atom is -0.477 e. The zero-order chi connectivity index (χ0) is 11.5. The van der Waals surface area contributed by atoms with E-state index in [2.05, 4.69) is 9.97 Å². The minimum absolute atomic E-state index is 0.135. The van der Waals surface area contributed by atoms with Crippen molar-refractivity contribution in [3.8, 4) is 0 Å². The highest BCUT2D eigenvalue weighted by molar-refractivity contribution is 7.71. The van der Waals surface area contributed by atoms with Crippen molar-refractivity contribution in [2.24, 2.45) is 0 Å². The second-order valence-electron chi connectivity index (χ2n) is 3.19. The van der Waals surface area contributed by atoms with Crippen LogP contribution in [-0.4, -0.2) is 25.6 Å². The molecule has 0 amide bonds. The summed E-state index contributed by atoms with van der Waals surface area (Å²) >= 11 is 5.01. The van der Waals surface area contributed by atoms with E-state index in [0.717, 1.165) is 5.69 Å². The van der Waals surface area contributed by atoms with Gasteiger partial charge in [0, 0.05) is 12.4 Å². The number of H-pyrrole nitrogens is 1. The molecule has 5 nitrogen and oxygen atoms in total. The van der Waals surface area contributed by atoms with Gasteiger partial charge in [0.1, 0.15) is 5.69 Å². The van der Waals surface area contributed by atoms with Crippen molar-refractivity contribution in [3.05, 3.63) is 46.8 Å². The SMILES string of the molecule is O=C(O)c1c[nH]c(=S)n1Cc1ccccn1. The Bertz CT molecular complexity index is 559. The molecule has 0 atom stereocenters. The molecule has 0 unspecified atom stereocenters. The number of aromatic nitrogens is 3. The molecular weight excluding hydrogens is 226 g/mol. The van der Waals surface area contributed by atoms with Crippen LogP contribution in [-0.2, 0) is 6.54 Å². The fraction of sp³-hybridized carbons (Fsp3) is 0.100. The van der Waals surface area contributed by atoms with Crippen molar-refractivity contribution < 1.29 is 9.90 Å². The Morgan fingerprint density at radius 1 is 1.56 bits per heavy atom. The molecule has 6 heteroatoms. The van der Waals surface area contributed by atoms with E-state index in [0.29, 0.717) is 11.3 Å². The van der Waals surface area contributed by atoms with Crippen LogP contribution in [0.2, 0.25) is 0 Å². The molecule has 2 aromatic rings. The third-order valence-corrected chi connectivity index (χ3v) is 2.47. The molecule has 0 spiro atoms. The molecule has 0 aliphatic rings. The van der Waals surface area contributed by atoms with Crippen molar-refractivity contribution in [2.75, 3.05) is 0 Å². The molecule has 0 fully saturated rings. The summed E-state index contributed by atoms with van der Waals surface area (Å²) in [6.45, 7) is 0.352. The monoisotopic (exact) mass is 235 g/mol. The first-order chi connectivity index (χ1) is 7.68. The maximum Gasteiger partial charge on any atom is 0.354 e. The van der Waals surface area contributed by atoms with Crippen LogP contribution in [0.1, 0.15) is 16.2 Å². The van der Waals surface area contributed by atoms with E-state index in [-0.39, 0.29) is 5.69 Å². The molecule has 2 N–H and O–H groups in total. The normalized spacial score (nSPS) is 10.2. The predicted octanol–water partition coefficient (Wildman–Crippen LogP) is 1.69. The Labute approximate surface area is 96.4 Å². The summed E-state index contributed by atoms with van der Waals surface area (Å²) in [5.74, 6) is -1.01. The van der Waals surface area contributed by atoms with Crippen molar-refractivity contribution in [2.45, 2.75) is 6.54 Å². The first-order valence-corrected chi connectivity index (χ1v) is 5.00. The molecule has 0 aliphatic heterocycles. The number of aromatic amines is 1. The average Bonchev–Trinajstić information content (AvgIpc) is 2.62. The second-order valence-corrected chi connectivity index (χ2v) is 3.58. The standard InChI is InChI=1S/C10H9N3O2S/c14-9(15)8-5-12-10(16)13(8)6-7-3-1-2-4-11-7/h1-5H,6H2,(H,12,16)(H,14,15). The van der Waals surface area contributed by atoms with Gasteiger partial charge in [0.25, 0.3) is 0 Å². The highest BCUT2D eigenvalue weighted by Crippen LogP contribution is 2.05. The summed E-state index contributed by atoms with van der Waals surface area (Å²) in [7, 11) is 0. The lowest BCUT2D eigenvalue weighted by Gasteiger charge is -2.04. The average molecular weight is 235 g/mol. The maximum absolute atomic E-state index is 10.9. The van der Waals surface area contributed by atoms with Gasteiger partial charge in [-0.05, 0) is 24.4 Å². The van der Waals surface area contributed by atoms with E-state index in [1.807, 2.05) is 12.1 Å². The summed E-state index contributed by atoms with van der Waals surface area (Å²) in [6, 6.07) is 5.47. The molecule has 0 saturated carbocycles. The summed E-state index contributed by atoms with van der Waals surface area (Å²) < 4.78 is 1.88. The smallest absolute Gasteiger partial charge is 0.354 e. The van der Waals surface area contributed by atoms with Crippen LogP contribution in [0.3, 0.4) is 0 Å². The molecule has 0 radical (unpaired) electrons. The third-order valence-electron chi connectivity index (χ3n) is 2.13. The van der Waals surface area contributed by atoms with Gasteiger partial charge >= 0.3 is 5.97 Å². The lowest BCUT2D eigenvalue weighted by Crippen LogP contribution is -2.10. The van der Waals surface area contributed by atoms with Gasteiger partial charge in [-0.25, -0.2) is 4.79 Å². The van der Waals surface area contributed by atoms with Gasteiger partial charge in [-0.1, -0.05) is 6.07 Å². The zero-order valence-corrected chi connectivity index (χ0v) is 9.07. The fourth-order valence-corrected chi connectivity index (χ4v) is 1.60. The molecule has 82 valence electrons. The van der Waals surface area contributed by atoms with Gasteiger partial charge in [0.15, 0.2) is 4.77 Å². The van der Waals surface area contributed by atoms with Crippen molar-refractivity contribution in [3.63, 3.8) is 0 Å². The maximum atomic E-state index is 10.9. The molecule has 0 aromatic carbocycles. The van der Waals surface area contributed by atoms with Crippen LogP contribution in [0, 0.1) is 4.77 Å². The van der Waals surface area contributed by atoms with E-state index in [1.165, 1.54) is 10.8 Å².